The second-order valence-electron chi connectivity index (χ2n) is 4.67. The van der Waals surface area contributed by atoms with E-state index in [0.29, 0.717) is 0 Å². The van der Waals surface area contributed by atoms with Crippen molar-refractivity contribution < 1.29 is 4.42 Å². The molecule has 0 bridgehead atoms. The minimum atomic E-state index is 0.822. The summed E-state index contributed by atoms with van der Waals surface area (Å²) in [5, 5.41) is 3.43. The highest BCUT2D eigenvalue weighted by molar-refractivity contribution is 5.51. The number of nitrogens with zero attached hydrogens (tertiary/aromatic N) is 2. The van der Waals surface area contributed by atoms with Gasteiger partial charge in [-0.25, -0.2) is 0 Å². The first kappa shape index (κ1) is 13.6. The average Bonchev–Trinajstić information content (AvgIpc) is 2.92. The van der Waals surface area contributed by atoms with Crippen LogP contribution in [0.3, 0.4) is 0 Å². The first-order valence-electron chi connectivity index (χ1n) is 6.67. The highest BCUT2D eigenvalue weighted by atomic mass is 16.3. The van der Waals surface area contributed by atoms with E-state index in [9.17, 15) is 0 Å². The Balaban J connectivity index is 2.05. The van der Waals surface area contributed by atoms with E-state index in [1.54, 1.807) is 12.5 Å². The predicted octanol–water partition coefficient (Wildman–Crippen LogP) is 2.81. The third kappa shape index (κ3) is 3.83. The van der Waals surface area contributed by atoms with Crippen LogP contribution in [-0.2, 0) is 13.1 Å². The van der Waals surface area contributed by atoms with Gasteiger partial charge < -0.3 is 14.6 Å². The lowest BCUT2D eigenvalue weighted by atomic mass is 10.2. The van der Waals surface area contributed by atoms with E-state index >= 15 is 0 Å². The summed E-state index contributed by atoms with van der Waals surface area (Å²) in [4.78, 5) is 6.43. The summed E-state index contributed by atoms with van der Waals surface area (Å²) in [6.45, 7) is 4.91. The second kappa shape index (κ2) is 6.95. The molecular formula is C15H21N3O. The zero-order valence-corrected chi connectivity index (χ0v) is 11.6. The standard InChI is InChI=1S/C15H21N3O/c1-3-6-16-9-14-4-7-17-10-15(14)18(2)11-13-5-8-19-12-13/h4-5,7-8,10,12,16H,3,6,9,11H2,1-2H3. The van der Waals surface area contributed by atoms with Crippen LogP contribution in [0.5, 0.6) is 0 Å². The number of nitrogens with one attached hydrogen (secondary N) is 1. The van der Waals surface area contributed by atoms with Gasteiger partial charge in [0.2, 0.25) is 0 Å². The molecule has 1 N–H and O–H groups in total. The van der Waals surface area contributed by atoms with Crippen LogP contribution in [0.2, 0.25) is 0 Å². The third-order valence-electron chi connectivity index (χ3n) is 3.04. The van der Waals surface area contributed by atoms with E-state index in [0.717, 1.165) is 31.7 Å². The van der Waals surface area contributed by atoms with Gasteiger partial charge in [-0.3, -0.25) is 4.98 Å². The maximum Gasteiger partial charge on any atom is 0.0952 e. The van der Waals surface area contributed by atoms with Gasteiger partial charge in [0.15, 0.2) is 0 Å². The van der Waals surface area contributed by atoms with E-state index < -0.39 is 0 Å². The molecular weight excluding hydrogens is 238 g/mol. The van der Waals surface area contributed by atoms with Crippen LogP contribution in [0.25, 0.3) is 0 Å². The molecule has 0 atom stereocenters. The molecule has 0 saturated heterocycles. The normalized spacial score (nSPS) is 10.6. The van der Waals surface area contributed by atoms with Crippen LogP contribution >= 0.6 is 0 Å². The molecule has 19 heavy (non-hydrogen) atoms. The summed E-state index contributed by atoms with van der Waals surface area (Å²) in [7, 11) is 2.08. The van der Waals surface area contributed by atoms with E-state index in [-0.39, 0.29) is 0 Å². The van der Waals surface area contributed by atoms with Gasteiger partial charge in [0.25, 0.3) is 0 Å². The van der Waals surface area contributed by atoms with E-state index in [1.807, 2.05) is 18.5 Å². The maximum absolute atomic E-state index is 5.11. The molecule has 2 aromatic rings. The molecule has 0 aromatic carbocycles. The summed E-state index contributed by atoms with van der Waals surface area (Å²) < 4.78 is 5.11. The predicted molar refractivity (Wildman–Crippen MR) is 77.0 cm³/mol. The van der Waals surface area contributed by atoms with Crippen molar-refractivity contribution in [3.05, 3.63) is 48.2 Å². The number of hydrogen-bond acceptors (Lipinski definition) is 4. The number of hydrogen-bond donors (Lipinski definition) is 1. The summed E-state index contributed by atoms with van der Waals surface area (Å²) in [6.07, 6.45) is 8.39. The Morgan fingerprint density at radius 1 is 1.37 bits per heavy atom. The minimum absolute atomic E-state index is 0.822. The Morgan fingerprint density at radius 3 is 3.00 bits per heavy atom. The van der Waals surface area contributed by atoms with Gasteiger partial charge in [-0.05, 0) is 30.7 Å². The fourth-order valence-electron chi connectivity index (χ4n) is 2.05. The molecule has 102 valence electrons. The molecule has 0 fully saturated rings. The van der Waals surface area contributed by atoms with E-state index in [2.05, 4.69) is 35.2 Å². The van der Waals surface area contributed by atoms with Crippen LogP contribution < -0.4 is 10.2 Å². The SMILES string of the molecule is CCCNCc1ccncc1N(C)Cc1ccoc1. The van der Waals surface area contributed by atoms with Crippen molar-refractivity contribution in [1.29, 1.82) is 0 Å². The zero-order valence-electron chi connectivity index (χ0n) is 11.6. The zero-order chi connectivity index (χ0) is 13.5. The Bertz CT molecular complexity index is 482. The van der Waals surface area contributed by atoms with Crippen molar-refractivity contribution in [2.24, 2.45) is 0 Å². The van der Waals surface area contributed by atoms with Gasteiger partial charge in [0.1, 0.15) is 0 Å². The lowest BCUT2D eigenvalue weighted by Gasteiger charge is -2.21. The Labute approximate surface area is 114 Å². The molecule has 4 nitrogen and oxygen atoms in total. The van der Waals surface area contributed by atoms with Gasteiger partial charge >= 0.3 is 0 Å². The molecule has 0 amide bonds. The number of anilines is 1. The highest BCUT2D eigenvalue weighted by Crippen LogP contribution is 2.19. The van der Waals surface area contributed by atoms with Crippen LogP contribution in [0.1, 0.15) is 24.5 Å². The summed E-state index contributed by atoms with van der Waals surface area (Å²) in [6, 6.07) is 4.06. The van der Waals surface area contributed by atoms with Gasteiger partial charge in [-0.1, -0.05) is 6.92 Å². The summed E-state index contributed by atoms with van der Waals surface area (Å²) in [5.41, 5.74) is 3.60. The highest BCUT2D eigenvalue weighted by Gasteiger charge is 2.08. The van der Waals surface area contributed by atoms with Crippen molar-refractivity contribution >= 4 is 5.69 Å². The monoisotopic (exact) mass is 259 g/mol. The first-order valence-corrected chi connectivity index (χ1v) is 6.67. The quantitative estimate of drug-likeness (QED) is 0.776. The van der Waals surface area contributed by atoms with Crippen molar-refractivity contribution in [1.82, 2.24) is 10.3 Å². The van der Waals surface area contributed by atoms with Crippen molar-refractivity contribution in [3.63, 3.8) is 0 Å². The smallest absolute Gasteiger partial charge is 0.0952 e. The Hall–Kier alpha value is -1.81. The number of aromatic nitrogens is 1. The molecule has 0 aliphatic rings. The number of rotatable bonds is 7. The lowest BCUT2D eigenvalue weighted by molar-refractivity contribution is 0.563. The third-order valence-corrected chi connectivity index (χ3v) is 3.04. The molecule has 2 heterocycles. The average molecular weight is 259 g/mol. The van der Waals surface area contributed by atoms with Gasteiger partial charge in [0, 0.05) is 31.9 Å². The Kier molecular flexibility index (Phi) is 4.98. The van der Waals surface area contributed by atoms with Crippen LogP contribution in [-0.4, -0.2) is 18.6 Å². The topological polar surface area (TPSA) is 41.3 Å². The molecule has 2 aromatic heterocycles. The number of pyridine rings is 1. The van der Waals surface area contributed by atoms with Crippen LogP contribution in [0.4, 0.5) is 5.69 Å². The molecule has 0 aliphatic carbocycles. The van der Waals surface area contributed by atoms with Crippen LogP contribution in [0.15, 0.2) is 41.5 Å². The molecule has 0 aliphatic heterocycles. The molecule has 0 spiro atoms. The lowest BCUT2D eigenvalue weighted by Crippen LogP contribution is -2.21. The van der Waals surface area contributed by atoms with Gasteiger partial charge in [0.05, 0.1) is 24.4 Å². The van der Waals surface area contributed by atoms with Crippen LogP contribution in [0, 0.1) is 0 Å². The van der Waals surface area contributed by atoms with Crippen molar-refractivity contribution in [3.8, 4) is 0 Å². The summed E-state index contributed by atoms with van der Waals surface area (Å²) in [5.74, 6) is 0. The fraction of sp³-hybridized carbons (Fsp3) is 0.400. The molecule has 0 radical (unpaired) electrons. The Morgan fingerprint density at radius 2 is 2.26 bits per heavy atom. The second-order valence-corrected chi connectivity index (χ2v) is 4.67. The van der Waals surface area contributed by atoms with Crippen molar-refractivity contribution in [2.75, 3.05) is 18.5 Å². The molecule has 4 heteroatoms. The van der Waals surface area contributed by atoms with E-state index in [4.69, 9.17) is 4.42 Å². The first-order chi connectivity index (χ1) is 9.31. The maximum atomic E-state index is 5.11. The van der Waals surface area contributed by atoms with Gasteiger partial charge in [-0.15, -0.1) is 0 Å². The molecule has 0 unspecified atom stereocenters. The van der Waals surface area contributed by atoms with Crippen molar-refractivity contribution in [2.45, 2.75) is 26.4 Å². The number of furan rings is 1. The van der Waals surface area contributed by atoms with E-state index in [1.165, 1.54) is 11.1 Å². The summed E-state index contributed by atoms with van der Waals surface area (Å²) >= 11 is 0. The molecule has 2 rings (SSSR count). The minimum Gasteiger partial charge on any atom is -0.472 e. The molecule has 0 saturated carbocycles. The fourth-order valence-corrected chi connectivity index (χ4v) is 2.05. The van der Waals surface area contributed by atoms with Gasteiger partial charge in [-0.2, -0.15) is 0 Å². The largest absolute Gasteiger partial charge is 0.472 e.